The average Bonchev–Trinajstić information content (AvgIpc) is 3.31. The number of carboxylic acid groups (broad SMARTS) is 1. The first-order valence-corrected chi connectivity index (χ1v) is 15.3. The fourth-order valence-electron chi connectivity index (χ4n) is 6.76. The summed E-state index contributed by atoms with van der Waals surface area (Å²) < 4.78 is 13.6. The van der Waals surface area contributed by atoms with Crippen LogP contribution in [0.5, 0.6) is 0 Å². The summed E-state index contributed by atoms with van der Waals surface area (Å²) in [6.07, 6.45) is 2.54. The van der Waals surface area contributed by atoms with Crippen molar-refractivity contribution < 1.29 is 23.8 Å². The monoisotopic (exact) mass is 599 g/mol. The molecule has 2 amide bonds. The lowest BCUT2D eigenvalue weighted by Crippen LogP contribution is -2.39. The van der Waals surface area contributed by atoms with Gasteiger partial charge in [0, 0.05) is 30.6 Å². The molecule has 0 radical (unpaired) electrons. The van der Waals surface area contributed by atoms with Crippen molar-refractivity contribution in [1.82, 2.24) is 20.2 Å². The Balaban J connectivity index is 1.23. The summed E-state index contributed by atoms with van der Waals surface area (Å²) in [5.74, 6) is 0. The zero-order valence-electron chi connectivity index (χ0n) is 25.4. The Hall–Kier alpha value is -4.54. The normalized spacial score (nSPS) is 19.9. The lowest BCUT2D eigenvalue weighted by Gasteiger charge is -2.21. The Kier molecular flexibility index (Phi) is 6.60. The van der Waals surface area contributed by atoms with Crippen LogP contribution >= 0.6 is 0 Å². The number of carbonyl (C=O) groups excluding carboxylic acids is 1. The van der Waals surface area contributed by atoms with Crippen LogP contribution < -0.4 is 21.1 Å². The molecule has 2 aromatic carbocycles. The van der Waals surface area contributed by atoms with E-state index >= 15 is 0 Å². The van der Waals surface area contributed by atoms with Crippen LogP contribution in [0.3, 0.4) is 0 Å². The molecule has 1 saturated heterocycles. The lowest BCUT2D eigenvalue weighted by atomic mass is 9.95. The Morgan fingerprint density at radius 3 is 2.55 bits per heavy atom. The van der Waals surface area contributed by atoms with Crippen LogP contribution in [0.2, 0.25) is 0 Å². The molecule has 1 saturated carbocycles. The molecule has 2 unspecified atom stereocenters. The van der Waals surface area contributed by atoms with Crippen molar-refractivity contribution in [2.24, 2.45) is 0 Å². The van der Waals surface area contributed by atoms with Gasteiger partial charge in [0.1, 0.15) is 5.60 Å². The number of alkyl carbamates (subject to hydrolysis) is 1. The highest BCUT2D eigenvalue weighted by Gasteiger charge is 2.33. The second-order valence-corrected chi connectivity index (χ2v) is 13.3. The van der Waals surface area contributed by atoms with E-state index in [1.54, 1.807) is 0 Å². The predicted octanol–water partition coefficient (Wildman–Crippen LogP) is 5.29. The van der Waals surface area contributed by atoms with Crippen molar-refractivity contribution in [3.63, 3.8) is 0 Å². The zero-order valence-corrected chi connectivity index (χ0v) is 25.4. The van der Waals surface area contributed by atoms with E-state index in [9.17, 15) is 14.4 Å². The molecule has 2 fully saturated rings. The van der Waals surface area contributed by atoms with Gasteiger partial charge in [-0.05, 0) is 93.7 Å². The smallest absolute Gasteiger partial charge is 0.407 e. The summed E-state index contributed by atoms with van der Waals surface area (Å²) in [6, 6.07) is 10.8. The van der Waals surface area contributed by atoms with Gasteiger partial charge < -0.3 is 34.4 Å². The fraction of sp³-hybridized carbons (Fsp3) is 0.455. The van der Waals surface area contributed by atoms with Crippen LogP contribution in [0.4, 0.5) is 15.6 Å². The summed E-state index contributed by atoms with van der Waals surface area (Å²) >= 11 is 0. The molecule has 2 aromatic heterocycles. The van der Waals surface area contributed by atoms with Gasteiger partial charge in [-0.25, -0.2) is 9.59 Å². The van der Waals surface area contributed by atoms with E-state index in [0.29, 0.717) is 36.6 Å². The van der Waals surface area contributed by atoms with E-state index < -0.39 is 17.8 Å². The summed E-state index contributed by atoms with van der Waals surface area (Å²) in [6.45, 7) is 8.64. The number of anilines is 1. The van der Waals surface area contributed by atoms with Gasteiger partial charge in [0.25, 0.3) is 11.6 Å². The molecule has 2 atom stereocenters. The Morgan fingerprint density at radius 1 is 1.05 bits per heavy atom. The maximum absolute atomic E-state index is 13.9. The van der Waals surface area contributed by atoms with Crippen LogP contribution in [0, 0.1) is 6.92 Å². The van der Waals surface area contributed by atoms with Gasteiger partial charge in [0.2, 0.25) is 0 Å². The molecule has 44 heavy (non-hydrogen) atoms. The number of pyridine rings is 1. The molecule has 0 spiro atoms. The third-order valence-corrected chi connectivity index (χ3v) is 8.82. The van der Waals surface area contributed by atoms with E-state index in [1.807, 2.05) is 36.3 Å². The molecule has 1 aliphatic heterocycles. The first kappa shape index (κ1) is 28.2. The highest BCUT2D eigenvalue weighted by molar-refractivity contribution is 6.04. The van der Waals surface area contributed by atoms with E-state index in [4.69, 9.17) is 14.3 Å². The summed E-state index contributed by atoms with van der Waals surface area (Å²) in [5.41, 5.74) is 6.43. The molecule has 230 valence electrons. The number of nitrogens with zero attached hydrogens (tertiary/aromatic N) is 3. The van der Waals surface area contributed by atoms with Crippen LogP contribution in [-0.4, -0.2) is 57.6 Å². The van der Waals surface area contributed by atoms with Gasteiger partial charge in [0.15, 0.2) is 11.1 Å². The second-order valence-electron chi connectivity index (χ2n) is 13.3. The summed E-state index contributed by atoms with van der Waals surface area (Å²) in [5, 5.41) is 15.5. The minimum absolute atomic E-state index is 0.0208. The number of aromatic nitrogens is 2. The van der Waals surface area contributed by atoms with Gasteiger partial charge in [0.05, 0.1) is 11.6 Å². The molecule has 3 N–H and O–H groups in total. The minimum atomic E-state index is -1.06. The van der Waals surface area contributed by atoms with E-state index in [2.05, 4.69) is 46.8 Å². The third kappa shape index (κ3) is 5.14. The van der Waals surface area contributed by atoms with Crippen LogP contribution in [0.25, 0.3) is 33.1 Å². The molecule has 7 rings (SSSR count). The topological polar surface area (TPSA) is 139 Å². The van der Waals surface area contributed by atoms with E-state index in [1.165, 1.54) is 11.1 Å². The number of carbonyl (C=O) groups is 2. The first-order valence-electron chi connectivity index (χ1n) is 15.3. The molecule has 11 nitrogen and oxygen atoms in total. The maximum Gasteiger partial charge on any atom is 0.407 e. The van der Waals surface area contributed by atoms with Gasteiger partial charge in [-0.1, -0.05) is 24.3 Å². The molecule has 3 aliphatic rings. The Labute approximate surface area is 254 Å². The van der Waals surface area contributed by atoms with Gasteiger partial charge in [-0.2, -0.15) is 4.98 Å². The summed E-state index contributed by atoms with van der Waals surface area (Å²) in [7, 11) is 0. The van der Waals surface area contributed by atoms with Crippen molar-refractivity contribution >= 4 is 40.2 Å². The third-order valence-electron chi connectivity index (χ3n) is 8.82. The number of oxazole rings is 1. The van der Waals surface area contributed by atoms with Crippen molar-refractivity contribution in [2.45, 2.75) is 83.5 Å². The Morgan fingerprint density at radius 2 is 1.82 bits per heavy atom. The Bertz CT molecular complexity index is 1880. The average molecular weight is 600 g/mol. The van der Waals surface area contributed by atoms with Gasteiger partial charge in [-0.15, -0.1) is 0 Å². The van der Waals surface area contributed by atoms with E-state index in [0.717, 1.165) is 53.3 Å². The maximum atomic E-state index is 13.9. The second kappa shape index (κ2) is 10.3. The molecule has 0 bridgehead atoms. The standard InChI is InChI=1S/C33H37N5O6/c1-17-24(19-6-5-18-14-22(15-20(18)13-19)35-32(42)44-33(2,3)4)9-10-25-27(17)38(23-7-8-23)29(39)26-28(25)43-30(36-26)37-12-11-21(16-37)34-31(40)41/h5-6,9-10,13,21-23,34H,7-8,11-12,14-16H2,1-4H3,(H,35,42)(H,40,41). The number of fused-ring (bicyclic) bond motifs is 4. The largest absolute Gasteiger partial charge is 0.465 e. The molecule has 11 heteroatoms. The lowest BCUT2D eigenvalue weighted by molar-refractivity contribution is 0.0506. The molecular formula is C33H37N5O6. The summed E-state index contributed by atoms with van der Waals surface area (Å²) in [4.78, 5) is 43.9. The fourth-order valence-corrected chi connectivity index (χ4v) is 6.76. The highest BCUT2D eigenvalue weighted by Crippen LogP contribution is 2.41. The number of ether oxygens (including phenoxy) is 1. The van der Waals surface area contributed by atoms with Gasteiger partial charge in [-0.3, -0.25) is 4.79 Å². The highest BCUT2D eigenvalue weighted by atomic mass is 16.6. The quantitative estimate of drug-likeness (QED) is 0.281. The number of nitrogens with one attached hydrogen (secondary N) is 2. The van der Waals surface area contributed by atoms with Crippen molar-refractivity contribution in [3.8, 4) is 11.1 Å². The van der Waals surface area contributed by atoms with Crippen LogP contribution in [0.15, 0.2) is 39.5 Å². The van der Waals surface area contributed by atoms with Gasteiger partial charge >= 0.3 is 12.2 Å². The number of aryl methyl sites for hydroxylation is 1. The number of rotatable bonds is 5. The minimum Gasteiger partial charge on any atom is -0.465 e. The van der Waals surface area contributed by atoms with Crippen molar-refractivity contribution in [3.05, 3.63) is 57.4 Å². The SMILES string of the molecule is Cc1c(-c2ccc3c(c2)CC(NC(=O)OC(C)(C)C)C3)ccc2c3oc(N4CCC(NC(=O)O)C4)nc3c(=O)n(C3CC3)c12. The number of hydrogen-bond donors (Lipinski definition) is 3. The van der Waals surface area contributed by atoms with Crippen LogP contribution in [-0.2, 0) is 17.6 Å². The molecular weight excluding hydrogens is 562 g/mol. The predicted molar refractivity (Wildman–Crippen MR) is 167 cm³/mol. The van der Waals surface area contributed by atoms with Crippen molar-refractivity contribution in [1.29, 1.82) is 0 Å². The van der Waals surface area contributed by atoms with Crippen LogP contribution in [0.1, 0.15) is 62.8 Å². The molecule has 2 aliphatic carbocycles. The number of amides is 2. The molecule has 4 aromatic rings. The molecule has 3 heterocycles. The zero-order chi connectivity index (χ0) is 30.9. The van der Waals surface area contributed by atoms with Crippen molar-refractivity contribution in [2.75, 3.05) is 18.0 Å². The first-order chi connectivity index (χ1) is 20.9. The number of benzene rings is 2. The van der Waals surface area contributed by atoms with E-state index in [-0.39, 0.29) is 23.7 Å². The number of hydrogen-bond acceptors (Lipinski definition) is 7.